The first-order valence-corrected chi connectivity index (χ1v) is 8.21. The predicted molar refractivity (Wildman–Crippen MR) is 90.2 cm³/mol. The molecule has 2 aromatic carbocycles. The SMILES string of the molecule is Cc1ccccc1-c1nnc(S[C@H](C)c2ccccc2Cl)o1. The molecule has 3 rings (SSSR count). The molecule has 0 aliphatic heterocycles. The number of benzene rings is 2. The van der Waals surface area contributed by atoms with E-state index in [0.29, 0.717) is 11.1 Å². The molecular formula is C17H15ClN2OS. The first-order valence-electron chi connectivity index (χ1n) is 6.95. The zero-order chi connectivity index (χ0) is 15.5. The second kappa shape index (κ2) is 6.55. The van der Waals surface area contributed by atoms with E-state index >= 15 is 0 Å². The summed E-state index contributed by atoms with van der Waals surface area (Å²) in [6.45, 7) is 4.10. The van der Waals surface area contributed by atoms with E-state index in [1.807, 2.05) is 55.5 Å². The monoisotopic (exact) mass is 330 g/mol. The van der Waals surface area contributed by atoms with Crippen LogP contribution < -0.4 is 0 Å². The van der Waals surface area contributed by atoms with Crippen LogP contribution in [0.3, 0.4) is 0 Å². The summed E-state index contributed by atoms with van der Waals surface area (Å²) in [5.74, 6) is 0.548. The number of halogens is 1. The van der Waals surface area contributed by atoms with E-state index in [0.717, 1.165) is 21.7 Å². The van der Waals surface area contributed by atoms with Gasteiger partial charge in [0, 0.05) is 15.8 Å². The number of aromatic nitrogens is 2. The van der Waals surface area contributed by atoms with Crippen LogP contribution >= 0.6 is 23.4 Å². The van der Waals surface area contributed by atoms with Crippen LogP contribution in [0.5, 0.6) is 0 Å². The molecule has 0 fully saturated rings. The average molecular weight is 331 g/mol. The lowest BCUT2D eigenvalue weighted by Gasteiger charge is -2.10. The minimum Gasteiger partial charge on any atom is -0.411 e. The third kappa shape index (κ3) is 3.18. The molecule has 1 heterocycles. The summed E-state index contributed by atoms with van der Waals surface area (Å²) in [7, 11) is 0. The van der Waals surface area contributed by atoms with Crippen molar-refractivity contribution in [3.05, 3.63) is 64.7 Å². The highest BCUT2D eigenvalue weighted by Gasteiger charge is 2.16. The largest absolute Gasteiger partial charge is 0.411 e. The zero-order valence-electron chi connectivity index (χ0n) is 12.3. The molecule has 3 aromatic rings. The number of rotatable bonds is 4. The van der Waals surface area contributed by atoms with Crippen molar-refractivity contribution in [2.45, 2.75) is 24.3 Å². The van der Waals surface area contributed by atoms with Gasteiger partial charge in [-0.1, -0.05) is 59.8 Å². The molecule has 0 spiro atoms. The van der Waals surface area contributed by atoms with Gasteiger partial charge in [-0.15, -0.1) is 10.2 Å². The summed E-state index contributed by atoms with van der Waals surface area (Å²) in [6.07, 6.45) is 0. The van der Waals surface area contributed by atoms with Crippen LogP contribution in [-0.2, 0) is 0 Å². The first-order chi connectivity index (χ1) is 10.6. The summed E-state index contributed by atoms with van der Waals surface area (Å²) >= 11 is 7.73. The highest BCUT2D eigenvalue weighted by Crippen LogP contribution is 2.38. The van der Waals surface area contributed by atoms with Gasteiger partial charge < -0.3 is 4.42 Å². The standard InChI is InChI=1S/C17H15ClN2OS/c1-11-7-3-4-8-13(11)16-19-20-17(21-16)22-12(2)14-9-5-6-10-15(14)18/h3-10,12H,1-2H3/t12-/m1/s1. The molecule has 1 atom stereocenters. The molecule has 3 nitrogen and oxygen atoms in total. The summed E-state index contributed by atoms with van der Waals surface area (Å²) < 4.78 is 5.78. The lowest BCUT2D eigenvalue weighted by molar-refractivity contribution is 0.465. The van der Waals surface area contributed by atoms with Gasteiger partial charge in [0.15, 0.2) is 0 Å². The van der Waals surface area contributed by atoms with Gasteiger partial charge in [-0.25, -0.2) is 0 Å². The Hall–Kier alpha value is -1.78. The molecule has 0 aliphatic rings. The van der Waals surface area contributed by atoms with Crippen LogP contribution in [0.1, 0.15) is 23.3 Å². The van der Waals surface area contributed by atoms with Crippen molar-refractivity contribution in [2.24, 2.45) is 0 Å². The van der Waals surface area contributed by atoms with Gasteiger partial charge in [-0.3, -0.25) is 0 Å². The van der Waals surface area contributed by atoms with Crippen LogP contribution in [0.2, 0.25) is 5.02 Å². The third-order valence-corrected chi connectivity index (χ3v) is 4.72. The Balaban J connectivity index is 1.80. The summed E-state index contributed by atoms with van der Waals surface area (Å²) in [5.41, 5.74) is 3.14. The molecule has 0 bridgehead atoms. The summed E-state index contributed by atoms with van der Waals surface area (Å²) in [5, 5.41) is 9.71. The van der Waals surface area contributed by atoms with Crippen LogP contribution in [0.15, 0.2) is 58.2 Å². The van der Waals surface area contributed by atoms with Gasteiger partial charge in [0.2, 0.25) is 5.89 Å². The molecule has 0 aliphatic carbocycles. The minimum absolute atomic E-state index is 0.138. The number of nitrogens with zero attached hydrogens (tertiary/aromatic N) is 2. The fourth-order valence-corrected chi connectivity index (χ4v) is 3.41. The van der Waals surface area contributed by atoms with Crippen LogP contribution in [0, 0.1) is 6.92 Å². The van der Waals surface area contributed by atoms with E-state index in [4.69, 9.17) is 16.0 Å². The van der Waals surface area contributed by atoms with Crippen LogP contribution in [0.25, 0.3) is 11.5 Å². The third-order valence-electron chi connectivity index (χ3n) is 3.40. The number of aryl methyl sites for hydroxylation is 1. The smallest absolute Gasteiger partial charge is 0.277 e. The molecule has 112 valence electrons. The Morgan fingerprint density at radius 1 is 1.05 bits per heavy atom. The summed E-state index contributed by atoms with van der Waals surface area (Å²) in [4.78, 5) is 0. The molecule has 0 saturated carbocycles. The fourth-order valence-electron chi connectivity index (χ4n) is 2.20. The quantitative estimate of drug-likeness (QED) is 0.588. The highest BCUT2D eigenvalue weighted by atomic mass is 35.5. The Kier molecular flexibility index (Phi) is 4.50. The average Bonchev–Trinajstić information content (AvgIpc) is 2.96. The maximum atomic E-state index is 6.23. The van der Waals surface area contributed by atoms with Crippen molar-refractivity contribution in [2.75, 3.05) is 0 Å². The zero-order valence-corrected chi connectivity index (χ0v) is 13.9. The molecule has 0 N–H and O–H groups in total. The molecule has 5 heteroatoms. The predicted octanol–water partition coefficient (Wildman–Crippen LogP) is 5.55. The van der Waals surface area contributed by atoms with Gasteiger partial charge in [0.05, 0.1) is 0 Å². The number of thioether (sulfide) groups is 1. The van der Waals surface area contributed by atoms with Gasteiger partial charge in [-0.05, 0) is 37.1 Å². The fraction of sp³-hybridized carbons (Fsp3) is 0.176. The topological polar surface area (TPSA) is 38.9 Å². The van der Waals surface area contributed by atoms with Crippen LogP contribution in [0.4, 0.5) is 0 Å². The normalized spacial score (nSPS) is 12.3. The second-order valence-corrected chi connectivity index (χ2v) is 6.67. The van der Waals surface area contributed by atoms with Gasteiger partial charge in [0.25, 0.3) is 5.22 Å². The lowest BCUT2D eigenvalue weighted by Crippen LogP contribution is -1.89. The van der Waals surface area contributed by atoms with E-state index in [-0.39, 0.29) is 5.25 Å². The molecule has 1 aromatic heterocycles. The molecule has 22 heavy (non-hydrogen) atoms. The van der Waals surface area contributed by atoms with Crippen LogP contribution in [-0.4, -0.2) is 10.2 Å². The van der Waals surface area contributed by atoms with E-state index in [1.54, 1.807) is 0 Å². The van der Waals surface area contributed by atoms with Crippen molar-refractivity contribution in [3.63, 3.8) is 0 Å². The van der Waals surface area contributed by atoms with E-state index in [9.17, 15) is 0 Å². The Bertz CT molecular complexity index is 788. The second-order valence-electron chi connectivity index (χ2n) is 4.97. The van der Waals surface area contributed by atoms with Crippen molar-refractivity contribution < 1.29 is 4.42 Å². The van der Waals surface area contributed by atoms with Crippen molar-refractivity contribution >= 4 is 23.4 Å². The van der Waals surface area contributed by atoms with E-state index in [2.05, 4.69) is 17.1 Å². The number of hydrogen-bond donors (Lipinski definition) is 0. The molecule has 0 unspecified atom stereocenters. The Morgan fingerprint density at radius 2 is 1.77 bits per heavy atom. The number of hydrogen-bond acceptors (Lipinski definition) is 4. The van der Waals surface area contributed by atoms with Gasteiger partial charge in [0.1, 0.15) is 0 Å². The van der Waals surface area contributed by atoms with Crippen molar-refractivity contribution in [1.29, 1.82) is 0 Å². The van der Waals surface area contributed by atoms with Crippen molar-refractivity contribution in [3.8, 4) is 11.5 Å². The van der Waals surface area contributed by atoms with E-state index < -0.39 is 0 Å². The maximum Gasteiger partial charge on any atom is 0.277 e. The highest BCUT2D eigenvalue weighted by molar-refractivity contribution is 7.99. The van der Waals surface area contributed by atoms with E-state index in [1.165, 1.54) is 11.8 Å². The van der Waals surface area contributed by atoms with Crippen molar-refractivity contribution in [1.82, 2.24) is 10.2 Å². The van der Waals surface area contributed by atoms with Gasteiger partial charge in [-0.2, -0.15) is 0 Å². The maximum absolute atomic E-state index is 6.23. The molecule has 0 radical (unpaired) electrons. The Labute approximate surface area is 138 Å². The minimum atomic E-state index is 0.138. The molecular weight excluding hydrogens is 316 g/mol. The lowest BCUT2D eigenvalue weighted by atomic mass is 10.1. The molecule has 0 saturated heterocycles. The molecule has 0 amide bonds. The first kappa shape index (κ1) is 15.1. The van der Waals surface area contributed by atoms with Gasteiger partial charge >= 0.3 is 0 Å². The Morgan fingerprint density at radius 3 is 2.55 bits per heavy atom. The summed E-state index contributed by atoms with van der Waals surface area (Å²) in [6, 6.07) is 15.8.